The lowest BCUT2D eigenvalue weighted by Gasteiger charge is -2.22. The summed E-state index contributed by atoms with van der Waals surface area (Å²) in [5.74, 6) is 0.373. The lowest BCUT2D eigenvalue weighted by atomic mass is 10.4. The van der Waals surface area contributed by atoms with E-state index in [0.717, 1.165) is 6.92 Å². The maximum atomic E-state index is 12.4. The molecule has 0 aromatic carbocycles. The van der Waals surface area contributed by atoms with Gasteiger partial charge in [-0.15, -0.1) is 0 Å². The van der Waals surface area contributed by atoms with Crippen LogP contribution < -0.4 is 0 Å². The quantitative estimate of drug-likeness (QED) is 0.415. The Morgan fingerprint density at radius 1 is 1.39 bits per heavy atom. The first-order valence-electron chi connectivity index (χ1n) is 5.55. The van der Waals surface area contributed by atoms with Gasteiger partial charge in [0.2, 0.25) is 0 Å². The third-order valence-electron chi connectivity index (χ3n) is 2.18. The van der Waals surface area contributed by atoms with Crippen LogP contribution in [0.4, 0.5) is 13.2 Å². The van der Waals surface area contributed by atoms with Crippen LogP contribution in [-0.4, -0.2) is 30.0 Å². The average Bonchev–Trinajstić information content (AvgIpc) is 2.26. The minimum absolute atomic E-state index is 0.0947. The molecule has 0 spiro atoms. The molecule has 0 amide bonds. The van der Waals surface area contributed by atoms with Crippen LogP contribution in [-0.2, 0) is 4.74 Å². The predicted octanol–water partition coefficient (Wildman–Crippen LogP) is 3.70. The third kappa shape index (κ3) is 5.75. The molecule has 104 valence electrons. The number of ether oxygens (including phenoxy) is 1. The van der Waals surface area contributed by atoms with Gasteiger partial charge in [-0.25, -0.2) is 0 Å². The molecule has 0 fully saturated rings. The van der Waals surface area contributed by atoms with Crippen molar-refractivity contribution in [3.8, 4) is 0 Å². The SMILES string of the molecule is C=C(CN(/N=C(\C)C(F)(F)F)/C(C)=C/C)OCC. The Balaban J connectivity index is 4.98. The van der Waals surface area contributed by atoms with E-state index in [1.807, 2.05) is 0 Å². The Kier molecular flexibility index (Phi) is 6.51. The molecule has 0 heterocycles. The number of allylic oxidation sites excluding steroid dienone is 2. The molecule has 0 unspecified atom stereocenters. The number of hydrogen-bond acceptors (Lipinski definition) is 3. The zero-order chi connectivity index (χ0) is 14.3. The highest BCUT2D eigenvalue weighted by atomic mass is 19.4. The van der Waals surface area contributed by atoms with Crippen LogP contribution in [0.3, 0.4) is 0 Å². The van der Waals surface area contributed by atoms with E-state index in [2.05, 4.69) is 11.7 Å². The van der Waals surface area contributed by atoms with E-state index in [0.29, 0.717) is 18.1 Å². The van der Waals surface area contributed by atoms with Crippen molar-refractivity contribution >= 4 is 5.71 Å². The maximum Gasteiger partial charge on any atom is 0.430 e. The van der Waals surface area contributed by atoms with Gasteiger partial charge in [0.15, 0.2) is 0 Å². The summed E-state index contributed by atoms with van der Waals surface area (Å²) in [7, 11) is 0. The van der Waals surface area contributed by atoms with Crippen LogP contribution >= 0.6 is 0 Å². The smallest absolute Gasteiger partial charge is 0.430 e. The van der Waals surface area contributed by atoms with E-state index in [9.17, 15) is 13.2 Å². The number of hydrogen-bond donors (Lipinski definition) is 0. The van der Waals surface area contributed by atoms with E-state index >= 15 is 0 Å². The van der Waals surface area contributed by atoms with Crippen molar-refractivity contribution in [3.63, 3.8) is 0 Å². The summed E-state index contributed by atoms with van der Waals surface area (Å²) in [6.45, 7) is 10.3. The topological polar surface area (TPSA) is 24.8 Å². The van der Waals surface area contributed by atoms with Gasteiger partial charge in [0.1, 0.15) is 11.5 Å². The van der Waals surface area contributed by atoms with E-state index < -0.39 is 11.9 Å². The monoisotopic (exact) mass is 264 g/mol. The summed E-state index contributed by atoms with van der Waals surface area (Å²) in [4.78, 5) is 0. The summed E-state index contributed by atoms with van der Waals surface area (Å²) in [6.07, 6.45) is -2.76. The van der Waals surface area contributed by atoms with Crippen molar-refractivity contribution in [2.24, 2.45) is 5.10 Å². The molecule has 3 nitrogen and oxygen atoms in total. The van der Waals surface area contributed by atoms with E-state index in [1.54, 1.807) is 26.8 Å². The van der Waals surface area contributed by atoms with Crippen LogP contribution in [0.15, 0.2) is 29.2 Å². The largest absolute Gasteiger partial charge is 0.497 e. The number of hydrazone groups is 1. The number of nitrogens with zero attached hydrogens (tertiary/aromatic N) is 2. The van der Waals surface area contributed by atoms with Crippen molar-refractivity contribution in [2.75, 3.05) is 13.2 Å². The van der Waals surface area contributed by atoms with Crippen LogP contribution in [0.2, 0.25) is 0 Å². The maximum absolute atomic E-state index is 12.4. The number of alkyl halides is 3. The van der Waals surface area contributed by atoms with Crippen molar-refractivity contribution in [1.29, 1.82) is 0 Å². The molecule has 0 aliphatic rings. The standard InChI is InChI=1S/C12H19F3N2O/c1-6-9(3)17(8-10(4)18-7-2)16-11(5)12(13,14)15/h6H,4,7-8H2,1-3,5H3/b9-6+,16-11+. The third-order valence-corrected chi connectivity index (χ3v) is 2.18. The minimum atomic E-state index is -4.43. The Morgan fingerprint density at radius 3 is 2.33 bits per heavy atom. The number of halogens is 3. The van der Waals surface area contributed by atoms with Gasteiger partial charge in [0.05, 0.1) is 13.2 Å². The van der Waals surface area contributed by atoms with Gasteiger partial charge < -0.3 is 4.74 Å². The van der Waals surface area contributed by atoms with Crippen LogP contribution in [0.25, 0.3) is 0 Å². The van der Waals surface area contributed by atoms with Gasteiger partial charge in [-0.3, -0.25) is 5.01 Å². The second kappa shape index (κ2) is 7.08. The molecule has 0 aliphatic carbocycles. The van der Waals surface area contributed by atoms with Crippen LogP contribution in [0, 0.1) is 0 Å². The molecule has 0 N–H and O–H groups in total. The second-order valence-electron chi connectivity index (χ2n) is 3.64. The highest BCUT2D eigenvalue weighted by molar-refractivity contribution is 5.87. The zero-order valence-corrected chi connectivity index (χ0v) is 11.1. The van der Waals surface area contributed by atoms with Crippen LogP contribution in [0.5, 0.6) is 0 Å². The number of rotatable bonds is 6. The van der Waals surface area contributed by atoms with Gasteiger partial charge in [-0.05, 0) is 27.7 Å². The summed E-state index contributed by atoms with van der Waals surface area (Å²) in [5, 5.41) is 4.78. The highest BCUT2D eigenvalue weighted by Crippen LogP contribution is 2.19. The molecule has 0 aliphatic heterocycles. The molecule has 0 aromatic heterocycles. The van der Waals surface area contributed by atoms with Gasteiger partial charge in [-0.2, -0.15) is 18.3 Å². The molecule has 0 bridgehead atoms. The first-order chi connectivity index (χ1) is 8.22. The van der Waals surface area contributed by atoms with E-state index in [-0.39, 0.29) is 6.54 Å². The van der Waals surface area contributed by atoms with E-state index in [4.69, 9.17) is 4.74 Å². The predicted molar refractivity (Wildman–Crippen MR) is 66.1 cm³/mol. The van der Waals surface area contributed by atoms with Crippen molar-refractivity contribution < 1.29 is 17.9 Å². The van der Waals surface area contributed by atoms with E-state index in [1.165, 1.54) is 5.01 Å². The molecule has 18 heavy (non-hydrogen) atoms. The average molecular weight is 264 g/mol. The van der Waals surface area contributed by atoms with Gasteiger partial charge in [0, 0.05) is 5.70 Å². The van der Waals surface area contributed by atoms with Gasteiger partial charge in [-0.1, -0.05) is 12.7 Å². The Labute approximate surface area is 106 Å². The Bertz CT molecular complexity index is 346. The lowest BCUT2D eigenvalue weighted by molar-refractivity contribution is -0.0604. The van der Waals surface area contributed by atoms with Crippen molar-refractivity contribution in [3.05, 3.63) is 24.1 Å². The van der Waals surface area contributed by atoms with Gasteiger partial charge in [0.25, 0.3) is 0 Å². The van der Waals surface area contributed by atoms with Gasteiger partial charge >= 0.3 is 6.18 Å². The van der Waals surface area contributed by atoms with Crippen molar-refractivity contribution in [2.45, 2.75) is 33.9 Å². The molecule has 0 saturated heterocycles. The molecule has 0 aromatic rings. The summed E-state index contributed by atoms with van der Waals surface area (Å²) < 4.78 is 42.4. The zero-order valence-electron chi connectivity index (χ0n) is 11.1. The minimum Gasteiger partial charge on any atom is -0.497 e. The lowest BCUT2D eigenvalue weighted by Crippen LogP contribution is -2.26. The fourth-order valence-electron chi connectivity index (χ4n) is 1.04. The summed E-state index contributed by atoms with van der Waals surface area (Å²) in [6, 6.07) is 0. The molecular formula is C12H19F3N2O. The summed E-state index contributed by atoms with van der Waals surface area (Å²) in [5.41, 5.74) is -0.313. The molecule has 0 saturated carbocycles. The highest BCUT2D eigenvalue weighted by Gasteiger charge is 2.33. The molecule has 0 radical (unpaired) electrons. The molecular weight excluding hydrogens is 245 g/mol. The fraction of sp³-hybridized carbons (Fsp3) is 0.583. The normalized spacial score (nSPS) is 13.5. The second-order valence-corrected chi connectivity index (χ2v) is 3.64. The summed E-state index contributed by atoms with van der Waals surface area (Å²) >= 11 is 0. The Morgan fingerprint density at radius 2 is 1.94 bits per heavy atom. The molecule has 0 atom stereocenters. The molecule has 0 rings (SSSR count). The van der Waals surface area contributed by atoms with Crippen molar-refractivity contribution in [1.82, 2.24) is 5.01 Å². The first kappa shape index (κ1) is 16.5. The fourth-order valence-corrected chi connectivity index (χ4v) is 1.04. The van der Waals surface area contributed by atoms with Crippen LogP contribution in [0.1, 0.15) is 27.7 Å². The Hall–Kier alpha value is -1.46. The first-order valence-corrected chi connectivity index (χ1v) is 5.55. The molecule has 6 heteroatoms.